The summed E-state index contributed by atoms with van der Waals surface area (Å²) < 4.78 is 0. The Morgan fingerprint density at radius 3 is 2.76 bits per heavy atom. The maximum absolute atomic E-state index is 12.0. The average molecular weight is 252 g/mol. The van der Waals surface area contributed by atoms with Gasteiger partial charge in [0.05, 0.1) is 4.88 Å². The fourth-order valence-corrected chi connectivity index (χ4v) is 3.08. The Balaban J connectivity index is 1.86. The third kappa shape index (κ3) is 3.07. The molecule has 0 atom stereocenters. The molecule has 1 aliphatic rings. The zero-order valence-corrected chi connectivity index (χ0v) is 11.3. The van der Waals surface area contributed by atoms with Crippen molar-refractivity contribution in [2.24, 2.45) is 0 Å². The molecule has 1 aromatic heterocycles. The molecule has 1 saturated heterocycles. The molecule has 2 heterocycles. The fraction of sp³-hybridized carbons (Fsp3) is 0.615. The highest BCUT2D eigenvalue weighted by Crippen LogP contribution is 2.17. The maximum Gasteiger partial charge on any atom is 0.261 e. The molecule has 2 rings (SSSR count). The monoisotopic (exact) mass is 252 g/mol. The number of carbonyl (C=O) groups is 1. The number of nitrogens with zero attached hydrogens (tertiary/aromatic N) is 1. The van der Waals surface area contributed by atoms with Crippen molar-refractivity contribution in [1.82, 2.24) is 10.2 Å². The first-order valence-corrected chi connectivity index (χ1v) is 7.16. The van der Waals surface area contributed by atoms with Gasteiger partial charge >= 0.3 is 0 Å². The zero-order valence-electron chi connectivity index (χ0n) is 10.5. The highest BCUT2D eigenvalue weighted by molar-refractivity contribution is 7.12. The molecular weight excluding hydrogens is 232 g/mol. The van der Waals surface area contributed by atoms with E-state index in [2.05, 4.69) is 17.1 Å². The van der Waals surface area contributed by atoms with Crippen LogP contribution in [0.3, 0.4) is 0 Å². The van der Waals surface area contributed by atoms with Crippen LogP contribution in [0.1, 0.15) is 35.0 Å². The van der Waals surface area contributed by atoms with Crippen molar-refractivity contribution in [3.8, 4) is 0 Å². The molecule has 0 aliphatic carbocycles. The van der Waals surface area contributed by atoms with E-state index in [9.17, 15) is 4.79 Å². The van der Waals surface area contributed by atoms with Gasteiger partial charge in [0.25, 0.3) is 5.91 Å². The van der Waals surface area contributed by atoms with Gasteiger partial charge in [-0.15, -0.1) is 11.3 Å². The van der Waals surface area contributed by atoms with Gasteiger partial charge in [-0.2, -0.15) is 0 Å². The summed E-state index contributed by atoms with van der Waals surface area (Å²) in [5.74, 6) is 0.104. The molecule has 94 valence electrons. The second-order valence-corrected chi connectivity index (χ2v) is 5.53. The SMILES string of the molecule is CCN1CCC(NC(=O)c2sccc2C)CC1. The first kappa shape index (κ1) is 12.6. The van der Waals surface area contributed by atoms with E-state index in [1.165, 1.54) is 11.3 Å². The topological polar surface area (TPSA) is 32.3 Å². The van der Waals surface area contributed by atoms with Gasteiger partial charge in [0.2, 0.25) is 0 Å². The summed E-state index contributed by atoms with van der Waals surface area (Å²) in [5, 5.41) is 5.13. The van der Waals surface area contributed by atoms with Crippen molar-refractivity contribution in [1.29, 1.82) is 0 Å². The summed E-state index contributed by atoms with van der Waals surface area (Å²) >= 11 is 1.53. The van der Waals surface area contributed by atoms with E-state index in [4.69, 9.17) is 0 Å². The summed E-state index contributed by atoms with van der Waals surface area (Å²) in [4.78, 5) is 15.3. The number of hydrogen-bond acceptors (Lipinski definition) is 3. The maximum atomic E-state index is 12.0. The number of hydrogen-bond donors (Lipinski definition) is 1. The first-order valence-electron chi connectivity index (χ1n) is 6.28. The number of likely N-dealkylation sites (tertiary alicyclic amines) is 1. The van der Waals surface area contributed by atoms with Crippen molar-refractivity contribution in [3.63, 3.8) is 0 Å². The Labute approximate surface area is 107 Å². The lowest BCUT2D eigenvalue weighted by Gasteiger charge is -2.31. The number of amides is 1. The lowest BCUT2D eigenvalue weighted by molar-refractivity contribution is 0.0916. The van der Waals surface area contributed by atoms with Crippen LogP contribution in [0.25, 0.3) is 0 Å². The molecule has 0 saturated carbocycles. The number of rotatable bonds is 3. The molecule has 0 bridgehead atoms. The number of nitrogens with one attached hydrogen (secondary N) is 1. The minimum Gasteiger partial charge on any atom is -0.349 e. The summed E-state index contributed by atoms with van der Waals surface area (Å²) in [6.45, 7) is 7.50. The Morgan fingerprint density at radius 1 is 1.53 bits per heavy atom. The molecule has 1 aliphatic heterocycles. The van der Waals surface area contributed by atoms with Crippen LogP contribution < -0.4 is 5.32 Å². The first-order chi connectivity index (χ1) is 8.20. The van der Waals surface area contributed by atoms with E-state index in [1.54, 1.807) is 0 Å². The van der Waals surface area contributed by atoms with Gasteiger partial charge in [0, 0.05) is 19.1 Å². The molecule has 0 aromatic carbocycles. The highest BCUT2D eigenvalue weighted by atomic mass is 32.1. The molecule has 3 nitrogen and oxygen atoms in total. The Bertz CT molecular complexity index is 381. The smallest absolute Gasteiger partial charge is 0.261 e. The molecule has 0 unspecified atom stereocenters. The van der Waals surface area contributed by atoms with E-state index in [1.807, 2.05) is 18.4 Å². The van der Waals surface area contributed by atoms with Crippen LogP contribution in [0, 0.1) is 6.92 Å². The summed E-state index contributed by atoms with van der Waals surface area (Å²) in [6.07, 6.45) is 2.15. The van der Waals surface area contributed by atoms with Gasteiger partial charge in [-0.25, -0.2) is 0 Å². The fourth-order valence-electron chi connectivity index (χ4n) is 2.25. The molecule has 17 heavy (non-hydrogen) atoms. The molecule has 1 amide bonds. The van der Waals surface area contributed by atoms with Gasteiger partial charge in [-0.05, 0) is 43.3 Å². The van der Waals surface area contributed by atoms with E-state index >= 15 is 0 Å². The molecule has 1 fully saturated rings. The number of thiophene rings is 1. The van der Waals surface area contributed by atoms with Crippen LogP contribution in [0.15, 0.2) is 11.4 Å². The van der Waals surface area contributed by atoms with E-state index in [-0.39, 0.29) is 5.91 Å². The van der Waals surface area contributed by atoms with Gasteiger partial charge in [-0.1, -0.05) is 6.92 Å². The average Bonchev–Trinajstić information content (AvgIpc) is 2.76. The molecule has 0 spiro atoms. The van der Waals surface area contributed by atoms with Crippen molar-refractivity contribution in [2.45, 2.75) is 32.7 Å². The number of piperidine rings is 1. The number of carbonyl (C=O) groups excluding carboxylic acids is 1. The van der Waals surface area contributed by atoms with Gasteiger partial charge in [-0.3, -0.25) is 4.79 Å². The predicted molar refractivity (Wildman–Crippen MR) is 71.7 cm³/mol. The minimum absolute atomic E-state index is 0.104. The van der Waals surface area contributed by atoms with E-state index in [0.717, 1.165) is 42.9 Å². The Morgan fingerprint density at radius 2 is 2.24 bits per heavy atom. The normalized spacial score (nSPS) is 18.2. The molecule has 1 N–H and O–H groups in total. The Hall–Kier alpha value is -0.870. The molecule has 1 aromatic rings. The quantitative estimate of drug-likeness (QED) is 0.895. The highest BCUT2D eigenvalue weighted by Gasteiger charge is 2.21. The van der Waals surface area contributed by atoms with Crippen LogP contribution in [-0.2, 0) is 0 Å². The second kappa shape index (κ2) is 5.65. The van der Waals surface area contributed by atoms with Crippen molar-refractivity contribution >= 4 is 17.2 Å². The summed E-state index contributed by atoms with van der Waals surface area (Å²) in [5.41, 5.74) is 1.08. The lowest BCUT2D eigenvalue weighted by Crippen LogP contribution is -2.44. The van der Waals surface area contributed by atoms with E-state index < -0.39 is 0 Å². The van der Waals surface area contributed by atoms with Crippen LogP contribution in [0.5, 0.6) is 0 Å². The third-order valence-electron chi connectivity index (χ3n) is 3.44. The summed E-state index contributed by atoms with van der Waals surface area (Å²) in [7, 11) is 0. The van der Waals surface area contributed by atoms with Gasteiger partial charge in [0.15, 0.2) is 0 Å². The zero-order chi connectivity index (χ0) is 12.3. The molecular formula is C13H20N2OS. The van der Waals surface area contributed by atoms with Crippen LogP contribution in [0.4, 0.5) is 0 Å². The lowest BCUT2D eigenvalue weighted by atomic mass is 10.0. The van der Waals surface area contributed by atoms with Crippen molar-refractivity contribution in [2.75, 3.05) is 19.6 Å². The minimum atomic E-state index is 0.104. The Kier molecular flexibility index (Phi) is 4.18. The summed E-state index contributed by atoms with van der Waals surface area (Å²) in [6, 6.07) is 2.35. The third-order valence-corrected chi connectivity index (χ3v) is 4.45. The van der Waals surface area contributed by atoms with Crippen LogP contribution in [0.2, 0.25) is 0 Å². The van der Waals surface area contributed by atoms with Crippen molar-refractivity contribution in [3.05, 3.63) is 21.9 Å². The predicted octanol–water partition coefficient (Wildman–Crippen LogP) is 2.27. The molecule has 4 heteroatoms. The number of aryl methyl sites for hydroxylation is 1. The van der Waals surface area contributed by atoms with Crippen LogP contribution >= 0.6 is 11.3 Å². The van der Waals surface area contributed by atoms with Crippen molar-refractivity contribution < 1.29 is 4.79 Å². The van der Waals surface area contributed by atoms with Crippen LogP contribution in [-0.4, -0.2) is 36.5 Å². The molecule has 0 radical (unpaired) electrons. The van der Waals surface area contributed by atoms with Gasteiger partial charge < -0.3 is 10.2 Å². The van der Waals surface area contributed by atoms with E-state index in [0.29, 0.717) is 6.04 Å². The largest absolute Gasteiger partial charge is 0.349 e. The second-order valence-electron chi connectivity index (χ2n) is 4.61. The van der Waals surface area contributed by atoms with Gasteiger partial charge in [0.1, 0.15) is 0 Å². The standard InChI is InChI=1S/C13H20N2OS/c1-3-15-7-4-11(5-8-15)14-13(16)12-10(2)6-9-17-12/h6,9,11H,3-5,7-8H2,1-2H3,(H,14,16).